The molecule has 7 heteroatoms. The molecule has 1 aliphatic carbocycles. The van der Waals surface area contributed by atoms with Crippen molar-refractivity contribution >= 4 is 17.2 Å². The summed E-state index contributed by atoms with van der Waals surface area (Å²) in [7, 11) is 0. The highest BCUT2D eigenvalue weighted by Crippen LogP contribution is 2.24. The first kappa shape index (κ1) is 22.3. The van der Waals surface area contributed by atoms with Gasteiger partial charge in [-0.15, -0.1) is 0 Å². The van der Waals surface area contributed by atoms with E-state index in [1.54, 1.807) is 4.52 Å². The normalized spacial score (nSPS) is 13.7. The topological polar surface area (TPSA) is 87.1 Å². The van der Waals surface area contributed by atoms with Crippen molar-refractivity contribution in [1.29, 1.82) is 0 Å². The molecule has 0 aliphatic heterocycles. The van der Waals surface area contributed by atoms with Gasteiger partial charge in [-0.1, -0.05) is 57.5 Å². The number of aromatic nitrogens is 4. The number of nitrogens with zero attached hydrogens (tertiary/aromatic N) is 3. The Morgan fingerprint density at radius 3 is 2.59 bits per heavy atom. The molecule has 0 saturated heterocycles. The third-order valence-electron chi connectivity index (χ3n) is 6.48. The first-order valence-electron chi connectivity index (χ1n) is 11.8. The zero-order valence-electron chi connectivity index (χ0n) is 19.2. The first-order valence-corrected chi connectivity index (χ1v) is 11.8. The van der Waals surface area contributed by atoms with E-state index >= 15 is 0 Å². The third kappa shape index (κ3) is 5.10. The van der Waals surface area contributed by atoms with E-state index in [9.17, 15) is 4.79 Å². The fourth-order valence-corrected chi connectivity index (χ4v) is 4.50. The number of hydrogen-bond acceptors (Lipinski definition) is 5. The molecule has 0 radical (unpaired) electrons. The molecular formula is C25H34N6O. The van der Waals surface area contributed by atoms with Crippen LogP contribution in [-0.2, 0) is 12.8 Å². The van der Waals surface area contributed by atoms with Crippen LogP contribution in [0.25, 0.3) is 11.2 Å². The van der Waals surface area contributed by atoms with Crippen LogP contribution in [0.3, 0.4) is 0 Å². The van der Waals surface area contributed by atoms with Crippen LogP contribution < -0.4 is 16.2 Å². The molecule has 32 heavy (non-hydrogen) atoms. The number of rotatable bonds is 11. The highest BCUT2D eigenvalue weighted by molar-refractivity contribution is 5.60. The molecule has 3 N–H and O–H groups in total. The van der Waals surface area contributed by atoms with Gasteiger partial charge in [0.1, 0.15) is 0 Å². The summed E-state index contributed by atoms with van der Waals surface area (Å²) in [5.74, 6) is 1.78. The fraction of sp³-hybridized carbons (Fsp3) is 0.480. The Kier molecular flexibility index (Phi) is 7.05. The van der Waals surface area contributed by atoms with Crippen LogP contribution in [0, 0.1) is 5.92 Å². The molecule has 0 fully saturated rings. The highest BCUT2D eigenvalue weighted by Gasteiger charge is 2.20. The Morgan fingerprint density at radius 2 is 1.91 bits per heavy atom. The van der Waals surface area contributed by atoms with Crippen LogP contribution in [-0.4, -0.2) is 38.7 Å². The van der Waals surface area contributed by atoms with Crippen LogP contribution in [0.15, 0.2) is 41.7 Å². The van der Waals surface area contributed by atoms with Crippen molar-refractivity contribution in [3.05, 3.63) is 64.2 Å². The Hall–Kier alpha value is -2.93. The van der Waals surface area contributed by atoms with E-state index in [1.807, 2.05) is 0 Å². The summed E-state index contributed by atoms with van der Waals surface area (Å²) in [6, 6.07) is 10.7. The molecule has 0 saturated carbocycles. The standard InChI is InChI=1S/C25H34N6O/c1-4-18(5-2)13-17(3)24-28-22-16-23(32)30-31(22)25(29-24)27-12-8-11-26-21-14-19-9-6-7-10-20(19)15-21/h6-7,9-10,16,18,21,26H,3-5,8,11-15H2,1-2H3,(H,30,32)(H,27,28,29). The summed E-state index contributed by atoms with van der Waals surface area (Å²) in [4.78, 5) is 21.2. The lowest BCUT2D eigenvalue weighted by molar-refractivity contribution is 0.505. The zero-order valence-corrected chi connectivity index (χ0v) is 19.2. The molecule has 1 aromatic carbocycles. The molecule has 2 heterocycles. The van der Waals surface area contributed by atoms with Gasteiger partial charge in [0.15, 0.2) is 11.5 Å². The highest BCUT2D eigenvalue weighted by atomic mass is 16.1. The molecular weight excluding hydrogens is 400 g/mol. The summed E-state index contributed by atoms with van der Waals surface area (Å²) in [5, 5.41) is 9.83. The van der Waals surface area contributed by atoms with E-state index < -0.39 is 0 Å². The minimum absolute atomic E-state index is 0.187. The summed E-state index contributed by atoms with van der Waals surface area (Å²) in [5.41, 5.74) is 4.22. The minimum atomic E-state index is -0.187. The van der Waals surface area contributed by atoms with Crippen LogP contribution in [0.5, 0.6) is 0 Å². The van der Waals surface area contributed by atoms with E-state index in [-0.39, 0.29) is 5.56 Å². The number of hydrogen-bond donors (Lipinski definition) is 3. The molecule has 4 rings (SSSR count). The fourth-order valence-electron chi connectivity index (χ4n) is 4.50. The van der Waals surface area contributed by atoms with Crippen molar-refractivity contribution in [2.24, 2.45) is 5.92 Å². The monoisotopic (exact) mass is 434 g/mol. The van der Waals surface area contributed by atoms with Crippen molar-refractivity contribution in [2.75, 3.05) is 18.4 Å². The van der Waals surface area contributed by atoms with Gasteiger partial charge in [0.05, 0.1) is 0 Å². The minimum Gasteiger partial charge on any atom is -0.354 e. The van der Waals surface area contributed by atoms with Gasteiger partial charge in [0.2, 0.25) is 5.95 Å². The maximum absolute atomic E-state index is 11.9. The second-order valence-corrected chi connectivity index (χ2v) is 8.78. The van der Waals surface area contributed by atoms with E-state index in [2.05, 4.69) is 70.4 Å². The summed E-state index contributed by atoms with van der Waals surface area (Å²) in [6.45, 7) is 10.3. The number of fused-ring (bicyclic) bond motifs is 2. The number of nitrogens with one attached hydrogen (secondary N) is 3. The van der Waals surface area contributed by atoms with Crippen LogP contribution in [0.1, 0.15) is 56.5 Å². The number of allylic oxidation sites excluding steroid dienone is 1. The predicted molar refractivity (Wildman–Crippen MR) is 130 cm³/mol. The van der Waals surface area contributed by atoms with Crippen molar-refractivity contribution in [3.8, 4) is 0 Å². The van der Waals surface area contributed by atoms with Crippen molar-refractivity contribution in [3.63, 3.8) is 0 Å². The molecule has 0 spiro atoms. The number of anilines is 1. The van der Waals surface area contributed by atoms with Crippen molar-refractivity contribution < 1.29 is 0 Å². The van der Waals surface area contributed by atoms with Crippen LogP contribution in [0.2, 0.25) is 0 Å². The molecule has 0 amide bonds. The Balaban J connectivity index is 1.35. The summed E-state index contributed by atoms with van der Waals surface area (Å²) >= 11 is 0. The van der Waals surface area contributed by atoms with E-state index in [4.69, 9.17) is 0 Å². The predicted octanol–water partition coefficient (Wildman–Crippen LogP) is 3.82. The Labute approximate surface area is 189 Å². The molecule has 0 bridgehead atoms. The maximum atomic E-state index is 11.9. The van der Waals surface area contributed by atoms with Gasteiger partial charge in [-0.25, -0.2) is 9.50 Å². The average Bonchev–Trinajstić information content (AvgIpc) is 3.38. The first-order chi connectivity index (χ1) is 15.6. The molecule has 0 atom stereocenters. The van der Waals surface area contributed by atoms with Gasteiger partial charge in [-0.3, -0.25) is 9.89 Å². The zero-order chi connectivity index (χ0) is 22.5. The Morgan fingerprint density at radius 1 is 1.19 bits per heavy atom. The third-order valence-corrected chi connectivity index (χ3v) is 6.48. The average molecular weight is 435 g/mol. The quantitative estimate of drug-likeness (QED) is 0.400. The van der Waals surface area contributed by atoms with Gasteiger partial charge in [0.25, 0.3) is 5.56 Å². The van der Waals surface area contributed by atoms with Crippen molar-refractivity contribution in [1.82, 2.24) is 24.9 Å². The number of H-pyrrole nitrogens is 1. The second-order valence-electron chi connectivity index (χ2n) is 8.78. The van der Waals surface area contributed by atoms with E-state index in [1.165, 1.54) is 17.2 Å². The van der Waals surface area contributed by atoms with Gasteiger partial charge in [0, 0.05) is 18.7 Å². The molecule has 170 valence electrons. The lowest BCUT2D eigenvalue weighted by atomic mass is 9.95. The molecule has 0 unspecified atom stereocenters. The Bertz CT molecular complexity index is 1100. The van der Waals surface area contributed by atoms with Crippen molar-refractivity contribution in [2.45, 2.75) is 58.4 Å². The second kappa shape index (κ2) is 10.1. The van der Waals surface area contributed by atoms with Crippen LogP contribution in [0.4, 0.5) is 5.95 Å². The number of aromatic amines is 1. The van der Waals surface area contributed by atoms with E-state index in [0.717, 1.165) is 57.2 Å². The molecule has 3 aromatic rings. The molecule has 2 aromatic heterocycles. The molecule has 1 aliphatic rings. The summed E-state index contributed by atoms with van der Waals surface area (Å²) < 4.78 is 1.62. The molecule has 7 nitrogen and oxygen atoms in total. The smallest absolute Gasteiger partial charge is 0.266 e. The van der Waals surface area contributed by atoms with Gasteiger partial charge in [-0.05, 0) is 54.8 Å². The van der Waals surface area contributed by atoms with Gasteiger partial charge >= 0.3 is 0 Å². The van der Waals surface area contributed by atoms with E-state index in [0.29, 0.717) is 29.4 Å². The lowest BCUT2D eigenvalue weighted by Crippen LogP contribution is -2.31. The maximum Gasteiger partial charge on any atom is 0.266 e. The van der Waals surface area contributed by atoms with Gasteiger partial charge in [-0.2, -0.15) is 4.98 Å². The lowest BCUT2D eigenvalue weighted by Gasteiger charge is -2.15. The van der Waals surface area contributed by atoms with Crippen LogP contribution >= 0.6 is 0 Å². The number of benzene rings is 1. The largest absolute Gasteiger partial charge is 0.354 e. The SMILES string of the molecule is C=C(CC(CC)CC)c1nc(NCCCNC2Cc3ccccc3C2)n2[nH]c(=O)cc2n1. The summed E-state index contributed by atoms with van der Waals surface area (Å²) in [6.07, 6.45) is 6.22. The van der Waals surface area contributed by atoms with Gasteiger partial charge < -0.3 is 10.6 Å².